The van der Waals surface area contributed by atoms with E-state index in [0.29, 0.717) is 0 Å². The van der Waals surface area contributed by atoms with Crippen LogP contribution in [0.25, 0.3) is 0 Å². The molecule has 0 saturated heterocycles. The normalized spacial score (nSPS) is 12.4. The number of carbonyl (C=O) groups excluding carboxylic acids is 1. The number of benzene rings is 2. The highest BCUT2D eigenvalue weighted by molar-refractivity contribution is 9.10. The molecule has 0 spiro atoms. The first kappa shape index (κ1) is 21.1. The first-order valence-corrected chi connectivity index (χ1v) is 11.2. The van der Waals surface area contributed by atoms with E-state index in [-0.39, 0.29) is 28.2 Å². The van der Waals surface area contributed by atoms with Crippen molar-refractivity contribution < 1.29 is 22.4 Å². The van der Waals surface area contributed by atoms with Gasteiger partial charge in [-0.05, 0) is 61.0 Å². The molecule has 1 aromatic heterocycles. The monoisotopic (exact) mass is 477 g/mol. The minimum atomic E-state index is -3.57. The molecule has 0 fully saturated rings. The number of sulfone groups is 1. The third-order valence-electron chi connectivity index (χ3n) is 4.35. The summed E-state index contributed by atoms with van der Waals surface area (Å²) < 4.78 is 36.4. The summed E-state index contributed by atoms with van der Waals surface area (Å²) in [6.07, 6.45) is 0. The molecule has 8 heteroatoms. The fourth-order valence-corrected chi connectivity index (χ4v) is 4.25. The van der Waals surface area contributed by atoms with E-state index in [1.165, 1.54) is 24.3 Å². The van der Waals surface area contributed by atoms with Crippen LogP contribution in [0.1, 0.15) is 34.8 Å². The summed E-state index contributed by atoms with van der Waals surface area (Å²) in [5.74, 6) is 0.257. The van der Waals surface area contributed by atoms with Gasteiger partial charge in [0.2, 0.25) is 0 Å². The topological polar surface area (TPSA) is 85.6 Å². The quantitative estimate of drug-likeness (QED) is 0.540. The van der Waals surface area contributed by atoms with Gasteiger partial charge in [-0.25, -0.2) is 8.42 Å². The summed E-state index contributed by atoms with van der Waals surface area (Å²) in [5.41, 5.74) is 0.906. The van der Waals surface area contributed by atoms with Crippen LogP contribution >= 0.6 is 15.9 Å². The summed E-state index contributed by atoms with van der Waals surface area (Å²) in [5, 5.41) is 2.84. The number of carbonyl (C=O) groups is 1. The number of rotatable bonds is 7. The Morgan fingerprint density at radius 2 is 1.72 bits per heavy atom. The summed E-state index contributed by atoms with van der Waals surface area (Å²) in [6, 6.07) is 16.4. The lowest BCUT2D eigenvalue weighted by Gasteiger charge is -2.13. The molecule has 152 valence electrons. The van der Waals surface area contributed by atoms with Crippen LogP contribution in [-0.2, 0) is 15.6 Å². The van der Waals surface area contributed by atoms with Gasteiger partial charge in [-0.3, -0.25) is 4.79 Å². The fourth-order valence-electron chi connectivity index (χ4n) is 2.73. The minimum absolute atomic E-state index is 0.0615. The smallest absolute Gasteiger partial charge is 0.287 e. The van der Waals surface area contributed by atoms with E-state index in [1.54, 1.807) is 19.2 Å². The van der Waals surface area contributed by atoms with Gasteiger partial charge in [0.1, 0.15) is 17.3 Å². The van der Waals surface area contributed by atoms with Gasteiger partial charge in [-0.1, -0.05) is 28.1 Å². The Morgan fingerprint density at radius 3 is 2.34 bits per heavy atom. The molecule has 1 heterocycles. The highest BCUT2D eigenvalue weighted by Crippen LogP contribution is 2.21. The van der Waals surface area contributed by atoms with E-state index in [4.69, 9.17) is 9.15 Å². The summed E-state index contributed by atoms with van der Waals surface area (Å²) in [6.45, 7) is 1.85. The Morgan fingerprint density at radius 1 is 1.07 bits per heavy atom. The maximum Gasteiger partial charge on any atom is 0.287 e. The van der Waals surface area contributed by atoms with Gasteiger partial charge in [-0.15, -0.1) is 0 Å². The third-order valence-corrected chi connectivity index (χ3v) is 6.54. The van der Waals surface area contributed by atoms with E-state index in [0.717, 1.165) is 15.8 Å². The first-order valence-electron chi connectivity index (χ1n) is 8.80. The summed E-state index contributed by atoms with van der Waals surface area (Å²) in [4.78, 5) is 12.6. The van der Waals surface area contributed by atoms with Crippen LogP contribution in [0.2, 0.25) is 0 Å². The summed E-state index contributed by atoms with van der Waals surface area (Å²) >= 11 is 3.28. The SMILES string of the molecule is COc1ccc(C(C)NC(=O)c2ccc(CS(=O)(=O)c3ccc(Br)cc3)o2)cc1. The number of ether oxygens (including phenoxy) is 1. The number of furan rings is 1. The van der Waals surface area contributed by atoms with Gasteiger partial charge in [0.25, 0.3) is 5.91 Å². The van der Waals surface area contributed by atoms with Gasteiger partial charge in [-0.2, -0.15) is 0 Å². The second kappa shape index (κ2) is 8.84. The number of halogens is 1. The largest absolute Gasteiger partial charge is 0.497 e. The Hall–Kier alpha value is -2.58. The highest BCUT2D eigenvalue weighted by Gasteiger charge is 2.20. The van der Waals surface area contributed by atoms with E-state index < -0.39 is 15.7 Å². The molecule has 1 atom stereocenters. The molecule has 3 aromatic rings. The van der Waals surface area contributed by atoms with Gasteiger partial charge < -0.3 is 14.5 Å². The number of hydrogen-bond acceptors (Lipinski definition) is 5. The number of nitrogens with one attached hydrogen (secondary N) is 1. The molecule has 3 rings (SSSR count). The van der Waals surface area contributed by atoms with Crippen LogP contribution in [0, 0.1) is 0 Å². The van der Waals surface area contributed by atoms with Crippen molar-refractivity contribution in [2.24, 2.45) is 0 Å². The van der Waals surface area contributed by atoms with Crippen molar-refractivity contribution in [1.82, 2.24) is 5.32 Å². The molecular formula is C21H20BrNO5S. The second-order valence-electron chi connectivity index (χ2n) is 6.45. The molecule has 1 amide bonds. The van der Waals surface area contributed by atoms with Crippen LogP contribution in [-0.4, -0.2) is 21.4 Å². The van der Waals surface area contributed by atoms with Crippen molar-refractivity contribution in [3.05, 3.63) is 82.2 Å². The molecule has 29 heavy (non-hydrogen) atoms. The van der Waals surface area contributed by atoms with Gasteiger partial charge >= 0.3 is 0 Å². The second-order valence-corrected chi connectivity index (χ2v) is 9.35. The number of hydrogen-bond donors (Lipinski definition) is 1. The molecular weight excluding hydrogens is 458 g/mol. The zero-order valence-corrected chi connectivity index (χ0v) is 18.3. The minimum Gasteiger partial charge on any atom is -0.497 e. The van der Waals surface area contributed by atoms with E-state index in [1.807, 2.05) is 31.2 Å². The summed E-state index contributed by atoms with van der Waals surface area (Å²) in [7, 11) is -1.98. The lowest BCUT2D eigenvalue weighted by molar-refractivity contribution is 0.0910. The van der Waals surface area contributed by atoms with Gasteiger partial charge in [0.05, 0.1) is 18.0 Å². The standard InChI is InChI=1S/C21H20BrNO5S/c1-14(15-3-7-17(27-2)8-4-15)23-21(24)20-12-9-18(28-20)13-29(25,26)19-10-5-16(22)6-11-19/h3-12,14H,13H2,1-2H3,(H,23,24). The number of methoxy groups -OCH3 is 1. The van der Waals surface area contributed by atoms with Crippen LogP contribution in [0.5, 0.6) is 5.75 Å². The molecule has 0 aliphatic carbocycles. The fraction of sp³-hybridized carbons (Fsp3) is 0.190. The maximum absolute atomic E-state index is 12.5. The molecule has 0 bridgehead atoms. The lowest BCUT2D eigenvalue weighted by Crippen LogP contribution is -2.26. The predicted molar refractivity (Wildman–Crippen MR) is 113 cm³/mol. The lowest BCUT2D eigenvalue weighted by atomic mass is 10.1. The van der Waals surface area contributed by atoms with Gasteiger partial charge in [0, 0.05) is 4.47 Å². The molecule has 6 nitrogen and oxygen atoms in total. The molecule has 1 unspecified atom stereocenters. The van der Waals surface area contributed by atoms with Crippen molar-refractivity contribution in [2.75, 3.05) is 7.11 Å². The first-order chi connectivity index (χ1) is 13.8. The average molecular weight is 478 g/mol. The predicted octanol–water partition coefficient (Wildman–Crippen LogP) is 4.52. The van der Waals surface area contributed by atoms with E-state index >= 15 is 0 Å². The van der Waals surface area contributed by atoms with E-state index in [2.05, 4.69) is 21.2 Å². The molecule has 1 N–H and O–H groups in total. The molecule has 0 radical (unpaired) electrons. The zero-order valence-electron chi connectivity index (χ0n) is 15.9. The van der Waals surface area contributed by atoms with Crippen molar-refractivity contribution in [1.29, 1.82) is 0 Å². The van der Waals surface area contributed by atoms with Crippen molar-refractivity contribution in [2.45, 2.75) is 23.6 Å². The zero-order chi connectivity index (χ0) is 21.0. The molecule has 0 saturated carbocycles. The average Bonchev–Trinajstić information content (AvgIpc) is 3.16. The Kier molecular flexibility index (Phi) is 6.44. The Bertz CT molecular complexity index is 1090. The third kappa shape index (κ3) is 5.27. The maximum atomic E-state index is 12.5. The molecule has 0 aliphatic rings. The van der Waals surface area contributed by atoms with Crippen LogP contribution in [0.15, 0.2) is 74.4 Å². The highest BCUT2D eigenvalue weighted by atomic mass is 79.9. The van der Waals surface area contributed by atoms with Crippen molar-refractivity contribution in [3.63, 3.8) is 0 Å². The molecule has 2 aromatic carbocycles. The number of amides is 1. The van der Waals surface area contributed by atoms with Crippen molar-refractivity contribution >= 4 is 31.7 Å². The van der Waals surface area contributed by atoms with Crippen LogP contribution in [0.3, 0.4) is 0 Å². The van der Waals surface area contributed by atoms with E-state index in [9.17, 15) is 13.2 Å². The van der Waals surface area contributed by atoms with Crippen LogP contribution < -0.4 is 10.1 Å². The Labute approximate surface area is 177 Å². The molecule has 0 aliphatic heterocycles. The van der Waals surface area contributed by atoms with Crippen LogP contribution in [0.4, 0.5) is 0 Å². The van der Waals surface area contributed by atoms with Crippen molar-refractivity contribution in [3.8, 4) is 5.75 Å². The Balaban J connectivity index is 1.67. The van der Waals surface area contributed by atoms with Gasteiger partial charge in [0.15, 0.2) is 15.6 Å².